The van der Waals surface area contributed by atoms with Crippen LogP contribution in [0.15, 0.2) is 51.7 Å². The second kappa shape index (κ2) is 8.80. The maximum absolute atomic E-state index is 13.1. The summed E-state index contributed by atoms with van der Waals surface area (Å²) in [7, 11) is 0. The minimum Gasteiger partial charge on any atom is -0.478 e. The number of carboxylic acid groups (broad SMARTS) is 1. The molecule has 178 valence electrons. The lowest BCUT2D eigenvalue weighted by Gasteiger charge is -2.33. The summed E-state index contributed by atoms with van der Waals surface area (Å²) < 4.78 is 12.5. The molecule has 34 heavy (non-hydrogen) atoms. The number of benzene rings is 2. The maximum atomic E-state index is 13.1. The van der Waals surface area contributed by atoms with Crippen LogP contribution in [0.25, 0.3) is 11.0 Å². The molecule has 7 heteroatoms. The van der Waals surface area contributed by atoms with E-state index in [1.165, 1.54) is 6.42 Å². The van der Waals surface area contributed by atoms with Gasteiger partial charge in [-0.1, -0.05) is 18.2 Å². The number of carbonyl (C=O) groups is 1. The molecule has 0 amide bonds. The lowest BCUT2D eigenvalue weighted by molar-refractivity contribution is -0.0622. The quantitative estimate of drug-likeness (QED) is 0.544. The molecule has 2 aliphatic rings. The van der Waals surface area contributed by atoms with Crippen LogP contribution >= 0.6 is 0 Å². The Bertz CT molecular complexity index is 1290. The first-order chi connectivity index (χ1) is 16.3. The van der Waals surface area contributed by atoms with Crippen LogP contribution in [0.3, 0.4) is 0 Å². The molecule has 0 bridgehead atoms. The minimum absolute atomic E-state index is 0.0788. The first-order valence-corrected chi connectivity index (χ1v) is 11.9. The number of ether oxygens (including phenoxy) is 1. The Kier molecular flexibility index (Phi) is 5.81. The third kappa shape index (κ3) is 4.16. The Labute approximate surface area is 198 Å². The molecule has 2 aromatic carbocycles. The molecule has 2 saturated heterocycles. The molecule has 1 spiro atoms. The third-order valence-electron chi connectivity index (χ3n) is 7.05. The van der Waals surface area contributed by atoms with E-state index in [-0.39, 0.29) is 22.6 Å². The van der Waals surface area contributed by atoms with Gasteiger partial charge in [0.2, 0.25) is 0 Å². The van der Waals surface area contributed by atoms with E-state index in [2.05, 4.69) is 10.2 Å². The van der Waals surface area contributed by atoms with Crippen molar-refractivity contribution in [3.05, 3.63) is 69.4 Å². The van der Waals surface area contributed by atoms with Crippen LogP contribution < -0.4 is 15.6 Å². The number of hydrogen-bond donors (Lipinski definition) is 2. The average Bonchev–Trinajstić information content (AvgIpc) is 3.22. The van der Waals surface area contributed by atoms with Gasteiger partial charge in [0, 0.05) is 37.0 Å². The van der Waals surface area contributed by atoms with Crippen molar-refractivity contribution < 1.29 is 19.1 Å². The zero-order valence-corrected chi connectivity index (χ0v) is 19.6. The van der Waals surface area contributed by atoms with Gasteiger partial charge in [-0.25, -0.2) is 4.79 Å². The molecule has 7 nitrogen and oxygen atoms in total. The Balaban J connectivity index is 1.52. The van der Waals surface area contributed by atoms with Gasteiger partial charge in [-0.2, -0.15) is 0 Å². The number of fused-ring (bicyclic) bond motifs is 1. The van der Waals surface area contributed by atoms with E-state index in [4.69, 9.17) is 9.15 Å². The van der Waals surface area contributed by atoms with E-state index in [9.17, 15) is 14.7 Å². The fourth-order valence-corrected chi connectivity index (χ4v) is 5.27. The Morgan fingerprint density at radius 2 is 2.00 bits per heavy atom. The predicted octanol–water partition coefficient (Wildman–Crippen LogP) is 5.12. The number of nitrogens with zero attached hydrogens (tertiary/aromatic N) is 1. The summed E-state index contributed by atoms with van der Waals surface area (Å²) in [4.78, 5) is 26.9. The number of carboxylic acids is 1. The van der Waals surface area contributed by atoms with Crippen molar-refractivity contribution in [2.45, 2.75) is 51.2 Å². The van der Waals surface area contributed by atoms with E-state index >= 15 is 0 Å². The topological polar surface area (TPSA) is 92.0 Å². The normalized spacial score (nSPS) is 21.2. The molecule has 0 saturated carbocycles. The van der Waals surface area contributed by atoms with Gasteiger partial charge in [0.1, 0.15) is 5.58 Å². The van der Waals surface area contributed by atoms with Gasteiger partial charge in [-0.3, -0.25) is 4.79 Å². The highest BCUT2D eigenvalue weighted by atomic mass is 16.5. The monoisotopic (exact) mass is 462 g/mol. The van der Waals surface area contributed by atoms with Crippen LogP contribution in [0, 0.1) is 6.92 Å². The summed E-state index contributed by atoms with van der Waals surface area (Å²) in [6, 6.07) is 12.0. The van der Waals surface area contributed by atoms with Crippen LogP contribution in [0.2, 0.25) is 0 Å². The largest absolute Gasteiger partial charge is 0.478 e. The van der Waals surface area contributed by atoms with Crippen molar-refractivity contribution in [1.29, 1.82) is 0 Å². The molecule has 2 aliphatic heterocycles. The predicted molar refractivity (Wildman–Crippen MR) is 132 cm³/mol. The SMILES string of the molecule is Cc1cc(C(C)Nc2ccccc2C(=O)O)c2oc(N3CCC4(CCCCO4)C3)cc(=O)c2c1. The summed E-state index contributed by atoms with van der Waals surface area (Å²) in [5.74, 6) is -0.432. The number of aryl methyl sites for hydroxylation is 1. The van der Waals surface area contributed by atoms with Crippen molar-refractivity contribution >= 4 is 28.5 Å². The molecule has 2 N–H and O–H groups in total. The number of rotatable bonds is 5. The number of hydrogen-bond acceptors (Lipinski definition) is 6. The van der Waals surface area contributed by atoms with Crippen LogP contribution in [0.4, 0.5) is 11.6 Å². The molecule has 1 aromatic heterocycles. The van der Waals surface area contributed by atoms with Crippen LogP contribution in [-0.4, -0.2) is 36.4 Å². The summed E-state index contributed by atoms with van der Waals surface area (Å²) in [6.07, 6.45) is 4.24. The molecule has 5 rings (SSSR count). The van der Waals surface area contributed by atoms with E-state index in [1.54, 1.807) is 30.3 Å². The molecule has 3 aromatic rings. The molecule has 0 aliphatic carbocycles. The van der Waals surface area contributed by atoms with Gasteiger partial charge in [0.05, 0.1) is 22.6 Å². The van der Waals surface area contributed by atoms with Gasteiger partial charge >= 0.3 is 5.97 Å². The minimum atomic E-state index is -0.994. The summed E-state index contributed by atoms with van der Waals surface area (Å²) in [6.45, 7) is 6.19. The Hall–Kier alpha value is -3.32. The van der Waals surface area contributed by atoms with Gasteiger partial charge in [-0.05, 0) is 63.3 Å². The van der Waals surface area contributed by atoms with Gasteiger partial charge in [0.15, 0.2) is 11.3 Å². The first kappa shape index (κ1) is 22.5. The number of anilines is 2. The highest BCUT2D eigenvalue weighted by molar-refractivity contribution is 5.94. The molecule has 2 fully saturated rings. The molecule has 2 unspecified atom stereocenters. The van der Waals surface area contributed by atoms with E-state index in [0.717, 1.165) is 50.1 Å². The van der Waals surface area contributed by atoms with Crippen LogP contribution in [-0.2, 0) is 4.74 Å². The fourth-order valence-electron chi connectivity index (χ4n) is 5.27. The summed E-state index contributed by atoms with van der Waals surface area (Å²) in [5.41, 5.74) is 2.79. The third-order valence-corrected chi connectivity index (χ3v) is 7.05. The van der Waals surface area contributed by atoms with E-state index in [0.29, 0.717) is 22.5 Å². The highest BCUT2D eigenvalue weighted by Crippen LogP contribution is 2.37. The van der Waals surface area contributed by atoms with Gasteiger partial charge < -0.3 is 24.5 Å². The van der Waals surface area contributed by atoms with Gasteiger partial charge in [0.25, 0.3) is 0 Å². The maximum Gasteiger partial charge on any atom is 0.337 e. The van der Waals surface area contributed by atoms with Crippen molar-refractivity contribution in [2.24, 2.45) is 0 Å². The summed E-state index contributed by atoms with van der Waals surface area (Å²) in [5, 5.41) is 13.4. The zero-order valence-electron chi connectivity index (χ0n) is 19.6. The lowest BCUT2D eigenvalue weighted by Crippen LogP contribution is -2.39. The first-order valence-electron chi connectivity index (χ1n) is 11.9. The average molecular weight is 463 g/mol. The standard InChI is InChI=1S/C27H30N2O5/c1-17-13-20(18(2)28-22-8-4-3-7-19(22)26(31)32)25-21(14-17)23(30)15-24(34-25)29-11-10-27(16-29)9-5-6-12-33-27/h3-4,7-8,13-15,18,28H,5-6,9-12,16H2,1-2H3,(H,31,32). The zero-order chi connectivity index (χ0) is 23.9. The Morgan fingerprint density at radius 3 is 2.76 bits per heavy atom. The highest BCUT2D eigenvalue weighted by Gasteiger charge is 2.41. The number of aromatic carboxylic acids is 1. The molecular weight excluding hydrogens is 432 g/mol. The van der Waals surface area contributed by atoms with E-state index < -0.39 is 5.97 Å². The number of para-hydroxylation sites is 1. The van der Waals surface area contributed by atoms with E-state index in [1.807, 2.05) is 26.0 Å². The lowest BCUT2D eigenvalue weighted by atomic mass is 9.93. The molecule has 0 radical (unpaired) electrons. The van der Waals surface area contributed by atoms with Crippen molar-refractivity contribution in [1.82, 2.24) is 0 Å². The van der Waals surface area contributed by atoms with Crippen LogP contribution in [0.1, 0.15) is 60.1 Å². The van der Waals surface area contributed by atoms with Gasteiger partial charge in [-0.15, -0.1) is 0 Å². The molecule has 3 heterocycles. The fraction of sp³-hybridized carbons (Fsp3) is 0.407. The second-order valence-corrected chi connectivity index (χ2v) is 9.56. The smallest absolute Gasteiger partial charge is 0.337 e. The summed E-state index contributed by atoms with van der Waals surface area (Å²) >= 11 is 0. The Morgan fingerprint density at radius 1 is 1.18 bits per heavy atom. The van der Waals surface area contributed by atoms with Crippen LogP contribution in [0.5, 0.6) is 0 Å². The van der Waals surface area contributed by atoms with Crippen molar-refractivity contribution in [3.63, 3.8) is 0 Å². The van der Waals surface area contributed by atoms with Crippen molar-refractivity contribution in [2.75, 3.05) is 29.9 Å². The molecular formula is C27H30N2O5. The van der Waals surface area contributed by atoms with Crippen molar-refractivity contribution in [3.8, 4) is 0 Å². The molecule has 2 atom stereocenters. The number of nitrogens with one attached hydrogen (secondary N) is 1. The second-order valence-electron chi connectivity index (χ2n) is 9.56.